The Morgan fingerprint density at radius 3 is 2.26 bits per heavy atom. The van der Waals surface area contributed by atoms with E-state index in [4.69, 9.17) is 14.2 Å². The summed E-state index contributed by atoms with van der Waals surface area (Å²) in [4.78, 5) is 12.5. The van der Waals surface area contributed by atoms with Gasteiger partial charge in [0.15, 0.2) is 17.3 Å². The zero-order valence-corrected chi connectivity index (χ0v) is 16.6. The molecular weight excluding hydrogens is 340 g/mol. The van der Waals surface area contributed by atoms with E-state index in [2.05, 4.69) is 6.92 Å². The molecule has 0 aliphatic carbocycles. The fourth-order valence-corrected chi connectivity index (χ4v) is 2.65. The maximum atomic E-state index is 12.5. The maximum absolute atomic E-state index is 12.5. The van der Waals surface area contributed by atoms with Crippen LogP contribution in [0.1, 0.15) is 48.7 Å². The van der Waals surface area contributed by atoms with Crippen molar-refractivity contribution in [3.8, 4) is 17.2 Å². The minimum absolute atomic E-state index is 0.0525. The second-order valence-electron chi connectivity index (χ2n) is 6.04. The average Bonchev–Trinajstić information content (AvgIpc) is 2.69. The molecule has 0 aliphatic rings. The van der Waals surface area contributed by atoms with Crippen molar-refractivity contribution in [1.82, 2.24) is 0 Å². The minimum Gasteiger partial charge on any atom is -0.494 e. The van der Waals surface area contributed by atoms with E-state index in [0.29, 0.717) is 25.4 Å². The molecule has 0 aliphatic heterocycles. The van der Waals surface area contributed by atoms with Crippen molar-refractivity contribution in [2.75, 3.05) is 19.8 Å². The third-order valence-electron chi connectivity index (χ3n) is 4.03. The maximum Gasteiger partial charge on any atom is 0.185 e. The van der Waals surface area contributed by atoms with Gasteiger partial charge in [-0.15, -0.1) is 0 Å². The van der Waals surface area contributed by atoms with Gasteiger partial charge in [-0.3, -0.25) is 4.79 Å². The molecular formula is C23H28O4. The van der Waals surface area contributed by atoms with Gasteiger partial charge in [0.25, 0.3) is 0 Å². The molecule has 27 heavy (non-hydrogen) atoms. The molecule has 0 saturated carbocycles. The summed E-state index contributed by atoms with van der Waals surface area (Å²) in [5, 5.41) is 0. The topological polar surface area (TPSA) is 44.8 Å². The van der Waals surface area contributed by atoms with Crippen LogP contribution in [0.25, 0.3) is 6.08 Å². The third kappa shape index (κ3) is 5.61. The summed E-state index contributed by atoms with van der Waals surface area (Å²) < 4.78 is 16.9. The van der Waals surface area contributed by atoms with Crippen LogP contribution in [0.4, 0.5) is 0 Å². The molecule has 0 saturated heterocycles. The second kappa shape index (κ2) is 10.4. The van der Waals surface area contributed by atoms with Gasteiger partial charge < -0.3 is 14.2 Å². The Hall–Kier alpha value is -2.75. The minimum atomic E-state index is -0.0525. The van der Waals surface area contributed by atoms with Gasteiger partial charge in [-0.1, -0.05) is 19.1 Å². The van der Waals surface area contributed by atoms with Crippen LogP contribution in [-0.2, 0) is 0 Å². The molecule has 0 amide bonds. The number of allylic oxidation sites excluding steroid dienone is 1. The lowest BCUT2D eigenvalue weighted by Crippen LogP contribution is -2.01. The van der Waals surface area contributed by atoms with Crippen molar-refractivity contribution in [2.24, 2.45) is 0 Å². The number of carbonyl (C=O) groups is 1. The van der Waals surface area contributed by atoms with Gasteiger partial charge in [-0.2, -0.15) is 0 Å². The Balaban J connectivity index is 2.16. The molecule has 4 heteroatoms. The number of ether oxygens (including phenoxy) is 3. The summed E-state index contributed by atoms with van der Waals surface area (Å²) in [5.41, 5.74) is 2.51. The van der Waals surface area contributed by atoms with Crippen molar-refractivity contribution < 1.29 is 19.0 Å². The molecule has 0 N–H and O–H groups in total. The normalized spacial score (nSPS) is 10.8. The first-order valence-electron chi connectivity index (χ1n) is 9.45. The number of hydrogen-bond acceptors (Lipinski definition) is 4. The van der Waals surface area contributed by atoms with E-state index in [1.165, 1.54) is 0 Å². The van der Waals surface area contributed by atoms with Crippen LogP contribution in [0.5, 0.6) is 17.2 Å². The van der Waals surface area contributed by atoms with Crippen molar-refractivity contribution in [2.45, 2.75) is 34.1 Å². The summed E-state index contributed by atoms with van der Waals surface area (Å²) in [7, 11) is 0. The summed E-state index contributed by atoms with van der Waals surface area (Å²) in [6.45, 7) is 9.71. The number of rotatable bonds is 10. The first-order valence-corrected chi connectivity index (χ1v) is 9.45. The molecule has 144 valence electrons. The number of hydrogen-bond donors (Lipinski definition) is 0. The molecule has 0 aromatic heterocycles. The SMILES string of the molecule is CCCOc1ccc(C(=O)/C=C/c2ccc(OCC)c(OCC)c2C)cc1. The lowest BCUT2D eigenvalue weighted by molar-refractivity contribution is 0.104. The van der Waals surface area contributed by atoms with E-state index in [1.54, 1.807) is 18.2 Å². The highest BCUT2D eigenvalue weighted by Gasteiger charge is 2.11. The Labute approximate surface area is 161 Å². The van der Waals surface area contributed by atoms with Crippen molar-refractivity contribution in [3.63, 3.8) is 0 Å². The van der Waals surface area contributed by atoms with Gasteiger partial charge >= 0.3 is 0 Å². The van der Waals surface area contributed by atoms with Crippen LogP contribution in [0.3, 0.4) is 0 Å². The Bertz CT molecular complexity index is 776. The van der Waals surface area contributed by atoms with Crippen LogP contribution in [0.2, 0.25) is 0 Å². The first-order chi connectivity index (χ1) is 13.1. The summed E-state index contributed by atoms with van der Waals surface area (Å²) in [5.74, 6) is 2.18. The Morgan fingerprint density at radius 1 is 0.926 bits per heavy atom. The van der Waals surface area contributed by atoms with Crippen LogP contribution in [0, 0.1) is 6.92 Å². The highest BCUT2D eigenvalue weighted by Crippen LogP contribution is 2.34. The molecule has 2 aromatic rings. The first kappa shape index (κ1) is 20.6. The smallest absolute Gasteiger partial charge is 0.185 e. The lowest BCUT2D eigenvalue weighted by atomic mass is 10.0. The molecule has 0 radical (unpaired) electrons. The predicted octanol–water partition coefficient (Wildman–Crippen LogP) is 5.48. The standard InChI is InChI=1S/C23H28O4/c1-5-16-27-20-12-8-19(9-13-20)21(24)14-10-18-11-15-22(25-6-2)23(17(18)4)26-7-3/h8-15H,5-7,16H2,1-4H3/b14-10+. The summed E-state index contributed by atoms with van der Waals surface area (Å²) in [6, 6.07) is 11.0. The molecule has 2 aromatic carbocycles. The van der Waals surface area contributed by atoms with E-state index >= 15 is 0 Å². The fourth-order valence-electron chi connectivity index (χ4n) is 2.65. The van der Waals surface area contributed by atoms with Crippen LogP contribution in [0.15, 0.2) is 42.5 Å². The third-order valence-corrected chi connectivity index (χ3v) is 4.03. The quantitative estimate of drug-likeness (QED) is 0.412. The Morgan fingerprint density at radius 2 is 1.63 bits per heavy atom. The van der Waals surface area contributed by atoms with Crippen molar-refractivity contribution in [3.05, 3.63) is 59.2 Å². The molecule has 0 unspecified atom stereocenters. The molecule has 0 heterocycles. The van der Waals surface area contributed by atoms with E-state index in [1.807, 2.05) is 51.1 Å². The van der Waals surface area contributed by atoms with E-state index in [-0.39, 0.29) is 5.78 Å². The van der Waals surface area contributed by atoms with Crippen LogP contribution < -0.4 is 14.2 Å². The highest BCUT2D eigenvalue weighted by atomic mass is 16.5. The van der Waals surface area contributed by atoms with Gasteiger partial charge in [-0.25, -0.2) is 0 Å². The van der Waals surface area contributed by atoms with Gasteiger partial charge in [0.05, 0.1) is 19.8 Å². The zero-order chi connectivity index (χ0) is 19.6. The number of benzene rings is 2. The molecule has 0 fully saturated rings. The van der Waals surface area contributed by atoms with Gasteiger partial charge in [0.2, 0.25) is 0 Å². The molecule has 0 spiro atoms. The van der Waals surface area contributed by atoms with Crippen LogP contribution >= 0.6 is 0 Å². The Kier molecular flexibility index (Phi) is 7.93. The molecule has 4 nitrogen and oxygen atoms in total. The van der Waals surface area contributed by atoms with Gasteiger partial charge in [-0.05, 0) is 69.2 Å². The second-order valence-corrected chi connectivity index (χ2v) is 6.04. The van der Waals surface area contributed by atoms with E-state index in [0.717, 1.165) is 34.8 Å². The summed E-state index contributed by atoms with van der Waals surface area (Å²) in [6.07, 6.45) is 4.35. The zero-order valence-electron chi connectivity index (χ0n) is 16.6. The molecule has 0 atom stereocenters. The fraction of sp³-hybridized carbons (Fsp3) is 0.348. The number of ketones is 1. The van der Waals surface area contributed by atoms with E-state index in [9.17, 15) is 4.79 Å². The lowest BCUT2D eigenvalue weighted by Gasteiger charge is -2.15. The number of carbonyl (C=O) groups excluding carboxylic acids is 1. The largest absolute Gasteiger partial charge is 0.494 e. The monoisotopic (exact) mass is 368 g/mol. The van der Waals surface area contributed by atoms with Crippen LogP contribution in [-0.4, -0.2) is 25.6 Å². The summed E-state index contributed by atoms with van der Waals surface area (Å²) >= 11 is 0. The average molecular weight is 368 g/mol. The van der Waals surface area contributed by atoms with Crippen molar-refractivity contribution in [1.29, 1.82) is 0 Å². The van der Waals surface area contributed by atoms with Crippen molar-refractivity contribution >= 4 is 11.9 Å². The molecule has 2 rings (SSSR count). The van der Waals surface area contributed by atoms with E-state index < -0.39 is 0 Å². The highest BCUT2D eigenvalue weighted by molar-refractivity contribution is 6.07. The van der Waals surface area contributed by atoms with Gasteiger partial charge in [0.1, 0.15) is 5.75 Å². The van der Waals surface area contributed by atoms with Gasteiger partial charge in [0, 0.05) is 11.1 Å². The predicted molar refractivity (Wildman–Crippen MR) is 109 cm³/mol. The molecule has 0 bridgehead atoms.